The van der Waals surface area contributed by atoms with Crippen molar-refractivity contribution in [3.8, 4) is 22.9 Å². The lowest BCUT2D eigenvalue weighted by molar-refractivity contribution is -0.130. The lowest BCUT2D eigenvalue weighted by Gasteiger charge is -2.41. The molecule has 2 unspecified atom stereocenters. The molecule has 43 heavy (non-hydrogen) atoms. The van der Waals surface area contributed by atoms with Crippen molar-refractivity contribution in [1.82, 2.24) is 24.8 Å². The number of nitrogens with zero attached hydrogens (tertiary/aromatic N) is 7. The number of anilines is 2. The number of carbonyl (C=O) groups excluding carboxylic acids is 1. The van der Waals surface area contributed by atoms with Crippen LogP contribution in [0.5, 0.6) is 11.6 Å². The zero-order valence-corrected chi connectivity index (χ0v) is 24.7. The van der Waals surface area contributed by atoms with Crippen LogP contribution in [0.4, 0.5) is 15.9 Å². The molecule has 0 aliphatic carbocycles. The number of epoxide rings is 1. The first-order valence-electron chi connectivity index (χ1n) is 14.8. The molecule has 4 aliphatic rings. The maximum atomic E-state index is 16.3. The summed E-state index contributed by atoms with van der Waals surface area (Å²) in [5.41, 5.74) is 2.65. The van der Waals surface area contributed by atoms with Gasteiger partial charge in [0.25, 0.3) is 0 Å². The van der Waals surface area contributed by atoms with Crippen LogP contribution >= 0.6 is 0 Å². The van der Waals surface area contributed by atoms with Crippen LogP contribution in [-0.2, 0) is 9.53 Å². The molecule has 2 saturated heterocycles. The molecule has 7 heterocycles. The largest absolute Gasteiger partial charge is 0.491 e. The van der Waals surface area contributed by atoms with Gasteiger partial charge < -0.3 is 24.0 Å². The third kappa shape index (κ3) is 4.83. The zero-order valence-electron chi connectivity index (χ0n) is 24.7. The highest BCUT2D eigenvalue weighted by Crippen LogP contribution is 2.49. The fourth-order valence-corrected chi connectivity index (χ4v) is 6.06. The van der Waals surface area contributed by atoms with Crippen molar-refractivity contribution < 1.29 is 23.4 Å². The minimum absolute atomic E-state index is 0.0287. The average Bonchev–Trinajstić information content (AvgIpc) is 3.76. The Labute approximate surface area is 249 Å². The van der Waals surface area contributed by atoms with Crippen LogP contribution in [0.15, 0.2) is 41.7 Å². The van der Waals surface area contributed by atoms with E-state index in [2.05, 4.69) is 23.7 Å². The van der Waals surface area contributed by atoms with Gasteiger partial charge in [-0.3, -0.25) is 14.7 Å². The van der Waals surface area contributed by atoms with Gasteiger partial charge in [0, 0.05) is 57.5 Å². The number of pyridine rings is 3. The predicted octanol–water partition coefficient (Wildman–Crippen LogP) is 4.10. The number of carbonyl (C=O) groups is 1. The molecule has 3 aromatic heterocycles. The molecule has 0 aromatic carbocycles. The lowest BCUT2D eigenvalue weighted by Crippen LogP contribution is -2.55. The normalized spacial score (nSPS) is 22.8. The van der Waals surface area contributed by atoms with Crippen LogP contribution in [0.3, 0.4) is 0 Å². The van der Waals surface area contributed by atoms with E-state index < -0.39 is 18.3 Å². The van der Waals surface area contributed by atoms with Gasteiger partial charge in [0.05, 0.1) is 30.0 Å². The van der Waals surface area contributed by atoms with E-state index in [1.165, 1.54) is 6.07 Å². The van der Waals surface area contributed by atoms with Crippen LogP contribution in [0.25, 0.3) is 11.3 Å². The summed E-state index contributed by atoms with van der Waals surface area (Å²) >= 11 is 0. The van der Waals surface area contributed by atoms with E-state index in [1.54, 1.807) is 31.5 Å². The maximum Gasteiger partial charge on any atom is 0.223 e. The van der Waals surface area contributed by atoms with Crippen molar-refractivity contribution in [1.29, 1.82) is 0 Å². The number of hydrogen-bond acceptors (Lipinski definition) is 10. The quantitative estimate of drug-likeness (QED) is 0.389. The van der Waals surface area contributed by atoms with Gasteiger partial charge in [-0.1, -0.05) is 13.8 Å². The number of amides is 1. The summed E-state index contributed by atoms with van der Waals surface area (Å²) in [5.74, 6) is 1.56. The minimum atomic E-state index is -0.516. The van der Waals surface area contributed by atoms with Gasteiger partial charge in [0.15, 0.2) is 18.3 Å². The summed E-state index contributed by atoms with van der Waals surface area (Å²) in [7, 11) is 0. The molecule has 0 N–H and O–H groups in total. The highest BCUT2D eigenvalue weighted by atomic mass is 19.1. The maximum absolute atomic E-state index is 16.3. The fraction of sp³-hybridized carbons (Fsp3) is 0.452. The Hall–Kier alpha value is -4.32. The third-order valence-electron chi connectivity index (χ3n) is 8.23. The van der Waals surface area contributed by atoms with E-state index in [-0.39, 0.29) is 23.6 Å². The van der Waals surface area contributed by atoms with Crippen molar-refractivity contribution in [3.63, 3.8) is 0 Å². The van der Waals surface area contributed by atoms with Crippen molar-refractivity contribution in [2.24, 2.45) is 4.99 Å². The second kappa shape index (κ2) is 10.7. The van der Waals surface area contributed by atoms with Crippen molar-refractivity contribution >= 4 is 23.2 Å². The molecule has 4 aliphatic heterocycles. The van der Waals surface area contributed by atoms with Crippen LogP contribution in [0.1, 0.15) is 51.3 Å². The van der Waals surface area contributed by atoms with E-state index in [9.17, 15) is 4.79 Å². The van der Waals surface area contributed by atoms with Gasteiger partial charge in [-0.15, -0.1) is 0 Å². The second-order valence-corrected chi connectivity index (χ2v) is 11.5. The Morgan fingerprint density at radius 3 is 2.72 bits per heavy atom. The Morgan fingerprint density at radius 2 is 1.93 bits per heavy atom. The number of piperazine rings is 1. The van der Waals surface area contributed by atoms with Crippen molar-refractivity contribution in [3.05, 3.63) is 53.7 Å². The number of ether oxygens (including phenoxy) is 3. The number of aliphatic imine (C=N–C) groups is 1. The van der Waals surface area contributed by atoms with Crippen molar-refractivity contribution in [2.75, 3.05) is 37.7 Å². The van der Waals surface area contributed by atoms with Crippen LogP contribution in [0.2, 0.25) is 0 Å². The molecule has 0 radical (unpaired) electrons. The Kier molecular flexibility index (Phi) is 6.88. The Morgan fingerprint density at radius 1 is 1.09 bits per heavy atom. The molecule has 11 nitrogen and oxygen atoms in total. The first-order chi connectivity index (χ1) is 20.8. The summed E-state index contributed by atoms with van der Waals surface area (Å²) in [6.45, 7) is 10.1. The summed E-state index contributed by atoms with van der Waals surface area (Å²) < 4.78 is 34.8. The number of halogens is 1. The van der Waals surface area contributed by atoms with Crippen molar-refractivity contribution in [2.45, 2.75) is 58.5 Å². The molecule has 12 heteroatoms. The molecule has 2 fully saturated rings. The van der Waals surface area contributed by atoms with Gasteiger partial charge >= 0.3 is 0 Å². The topological polar surface area (TPSA) is 109 Å². The number of amidine groups is 1. The average molecular weight is 588 g/mol. The van der Waals surface area contributed by atoms with E-state index in [1.807, 2.05) is 22.8 Å². The van der Waals surface area contributed by atoms with Gasteiger partial charge in [0.1, 0.15) is 28.8 Å². The van der Waals surface area contributed by atoms with Gasteiger partial charge in [-0.2, -0.15) is 0 Å². The summed E-state index contributed by atoms with van der Waals surface area (Å²) in [4.78, 5) is 37.3. The van der Waals surface area contributed by atoms with E-state index in [0.717, 1.165) is 11.4 Å². The Bertz CT molecular complexity index is 1610. The van der Waals surface area contributed by atoms with E-state index in [0.29, 0.717) is 73.7 Å². The smallest absolute Gasteiger partial charge is 0.223 e. The van der Waals surface area contributed by atoms with Crippen LogP contribution in [-0.4, -0.2) is 87.8 Å². The lowest BCUT2D eigenvalue weighted by atomic mass is 10.0. The first-order valence-corrected chi connectivity index (χ1v) is 14.8. The molecule has 2 bridgehead atoms. The zero-order chi connectivity index (χ0) is 29.8. The molecule has 224 valence electrons. The van der Waals surface area contributed by atoms with E-state index in [4.69, 9.17) is 29.2 Å². The molecular formula is C31H34FN7O4. The molecule has 3 aromatic rings. The highest BCUT2D eigenvalue weighted by molar-refractivity contribution is 6.05. The fourth-order valence-electron chi connectivity index (χ4n) is 6.06. The Balaban J connectivity index is 1.46. The summed E-state index contributed by atoms with van der Waals surface area (Å²) in [6.07, 6.45) is 2.96. The molecule has 1 amide bonds. The van der Waals surface area contributed by atoms with Gasteiger partial charge in [-0.05, 0) is 31.0 Å². The predicted molar refractivity (Wildman–Crippen MR) is 157 cm³/mol. The number of fused-ring (bicyclic) bond motifs is 7. The SMILES string of the molecule is CC(=O)N1CCN(C2=NC3OC3N3c4nc(c(F)cc42)-c2cccnc2OCCCOc2ccnc(C(C)C)c23)[C@@H](C)C1. The van der Waals surface area contributed by atoms with Gasteiger partial charge in [-0.25, -0.2) is 19.4 Å². The standard InChI is InChI=1S/C31H34FN7O4/c1-17(2)24-26-23(8-10-33-24)41-13-6-14-42-29-20(7-5-9-34-29)25-22(32)15-21-27(36-30-31(43-30)39(26)28(21)35-25)38-12-11-37(19(4)40)16-18(38)3/h5,7-10,15,17-18,30-31H,6,11-14,16H2,1-4H3/t18-,30?,31?/m0/s1. The molecule has 7 rings (SSSR count). The van der Waals surface area contributed by atoms with Gasteiger partial charge in [0.2, 0.25) is 11.8 Å². The first kappa shape index (κ1) is 27.5. The number of hydrogen-bond donors (Lipinski definition) is 0. The molecular weight excluding hydrogens is 553 g/mol. The second-order valence-electron chi connectivity index (χ2n) is 11.5. The third-order valence-corrected chi connectivity index (χ3v) is 8.23. The highest BCUT2D eigenvalue weighted by Gasteiger charge is 2.51. The molecule has 0 spiro atoms. The van der Waals surface area contributed by atoms with Crippen LogP contribution in [0, 0.1) is 5.82 Å². The minimum Gasteiger partial charge on any atom is -0.491 e. The summed E-state index contributed by atoms with van der Waals surface area (Å²) in [5, 5.41) is 0. The monoisotopic (exact) mass is 587 g/mol. The molecule has 0 saturated carbocycles. The summed E-state index contributed by atoms with van der Waals surface area (Å²) in [6, 6.07) is 6.79. The van der Waals surface area contributed by atoms with E-state index >= 15 is 4.39 Å². The molecule has 3 atom stereocenters. The number of rotatable bonds is 1. The number of aromatic nitrogens is 3. The van der Waals surface area contributed by atoms with Crippen LogP contribution < -0.4 is 14.4 Å².